The molecule has 0 unspecified atom stereocenters. The van der Waals surface area contributed by atoms with Crippen molar-refractivity contribution in [3.63, 3.8) is 0 Å². The van der Waals surface area contributed by atoms with Gasteiger partial charge < -0.3 is 9.47 Å². The lowest BCUT2D eigenvalue weighted by Gasteiger charge is -2.34. The Balaban J connectivity index is 2.11. The number of hydrogen-bond acceptors (Lipinski definition) is 3. The topological polar surface area (TPSA) is 31.4 Å². The summed E-state index contributed by atoms with van der Waals surface area (Å²) in [6.07, 6.45) is 1.74. The summed E-state index contributed by atoms with van der Waals surface area (Å²) in [6.45, 7) is 5.01. The smallest absolute Gasteiger partial charge is 0.162 e. The van der Waals surface area contributed by atoms with Crippen LogP contribution >= 0.6 is 11.6 Å². The highest BCUT2D eigenvalue weighted by atomic mass is 35.5. The number of halogens is 1. The van der Waals surface area contributed by atoms with Crippen molar-refractivity contribution < 1.29 is 9.47 Å². The summed E-state index contributed by atoms with van der Waals surface area (Å²) in [5.74, 6) is -0.357. The largest absolute Gasteiger partial charge is 0.350 e. The first-order valence-electron chi connectivity index (χ1n) is 4.97. The van der Waals surface area contributed by atoms with Crippen molar-refractivity contribution in [1.82, 2.24) is 4.98 Å². The molecule has 2 rings (SSSR count). The second kappa shape index (κ2) is 4.08. The molecule has 1 aromatic heterocycles. The van der Waals surface area contributed by atoms with Crippen LogP contribution in [0.1, 0.15) is 25.5 Å². The summed E-state index contributed by atoms with van der Waals surface area (Å²) in [7, 11) is 0. The van der Waals surface area contributed by atoms with Crippen LogP contribution in [0.2, 0.25) is 5.02 Å². The lowest BCUT2D eigenvalue weighted by molar-refractivity contribution is -0.251. The van der Waals surface area contributed by atoms with E-state index in [4.69, 9.17) is 21.1 Å². The van der Waals surface area contributed by atoms with Crippen molar-refractivity contribution in [3.05, 3.63) is 29.0 Å². The second-order valence-corrected chi connectivity index (χ2v) is 4.50. The molecule has 0 atom stereocenters. The van der Waals surface area contributed by atoms with Gasteiger partial charge in [-0.1, -0.05) is 11.6 Å². The van der Waals surface area contributed by atoms with Crippen LogP contribution in [0.5, 0.6) is 0 Å². The second-order valence-electron chi connectivity index (χ2n) is 4.09. The molecule has 0 amide bonds. The number of pyridine rings is 1. The van der Waals surface area contributed by atoms with E-state index >= 15 is 0 Å². The van der Waals surface area contributed by atoms with Crippen molar-refractivity contribution in [2.24, 2.45) is 0 Å². The van der Waals surface area contributed by atoms with Gasteiger partial charge in [-0.3, -0.25) is 4.98 Å². The molecule has 0 aromatic carbocycles. The minimum absolute atomic E-state index is 0.131. The molecule has 1 saturated heterocycles. The number of hydrogen-bond donors (Lipinski definition) is 0. The van der Waals surface area contributed by atoms with Gasteiger partial charge in [-0.05, 0) is 26.0 Å². The van der Waals surface area contributed by atoms with E-state index < -0.39 is 5.79 Å². The maximum absolute atomic E-state index is 6.06. The maximum atomic E-state index is 6.06. The van der Waals surface area contributed by atoms with Crippen LogP contribution in [-0.2, 0) is 9.47 Å². The lowest BCUT2D eigenvalue weighted by atomic mass is 10.1. The molecule has 0 saturated carbocycles. The van der Waals surface area contributed by atoms with Crippen molar-refractivity contribution in [1.29, 1.82) is 0 Å². The highest BCUT2D eigenvalue weighted by molar-refractivity contribution is 6.31. The zero-order valence-electron chi connectivity index (χ0n) is 8.87. The van der Waals surface area contributed by atoms with Crippen molar-refractivity contribution in [2.45, 2.75) is 25.6 Å². The van der Waals surface area contributed by atoms with Gasteiger partial charge in [0.15, 0.2) is 5.79 Å². The first-order chi connectivity index (χ1) is 7.08. The van der Waals surface area contributed by atoms with Crippen LogP contribution in [0.15, 0.2) is 18.3 Å². The Morgan fingerprint density at radius 1 is 1.40 bits per heavy atom. The van der Waals surface area contributed by atoms with E-state index in [2.05, 4.69) is 4.98 Å². The summed E-state index contributed by atoms with van der Waals surface area (Å²) in [5, 5.41) is 0.675. The number of nitrogens with zero attached hydrogens (tertiary/aromatic N) is 1. The zero-order chi connectivity index (χ0) is 10.9. The minimum atomic E-state index is -0.488. The fourth-order valence-corrected chi connectivity index (χ4v) is 1.82. The predicted octanol–water partition coefficient (Wildman–Crippen LogP) is 2.60. The monoisotopic (exact) mass is 227 g/mol. The van der Waals surface area contributed by atoms with Gasteiger partial charge in [0, 0.05) is 12.1 Å². The van der Waals surface area contributed by atoms with E-state index in [1.54, 1.807) is 6.20 Å². The minimum Gasteiger partial charge on any atom is -0.350 e. The van der Waals surface area contributed by atoms with E-state index in [1.807, 2.05) is 26.0 Å². The van der Waals surface area contributed by atoms with Crippen LogP contribution in [0, 0.1) is 0 Å². The van der Waals surface area contributed by atoms with Crippen LogP contribution in [-0.4, -0.2) is 24.0 Å². The van der Waals surface area contributed by atoms with Gasteiger partial charge >= 0.3 is 0 Å². The average Bonchev–Trinajstić information content (AvgIpc) is 2.19. The van der Waals surface area contributed by atoms with Gasteiger partial charge in [-0.15, -0.1) is 0 Å². The molecule has 2 heterocycles. The summed E-state index contributed by atoms with van der Waals surface area (Å²) in [6, 6.07) is 3.66. The quantitative estimate of drug-likeness (QED) is 0.739. The molecular formula is C11H14ClNO2. The molecule has 0 aliphatic carbocycles. The average molecular weight is 228 g/mol. The Hall–Kier alpha value is -0.640. The summed E-state index contributed by atoms with van der Waals surface area (Å²) >= 11 is 6.06. The zero-order valence-corrected chi connectivity index (χ0v) is 9.62. The molecule has 0 radical (unpaired) electrons. The number of aromatic nitrogens is 1. The van der Waals surface area contributed by atoms with Gasteiger partial charge in [0.05, 0.1) is 23.9 Å². The van der Waals surface area contributed by atoms with Gasteiger partial charge in [-0.2, -0.15) is 0 Å². The van der Waals surface area contributed by atoms with E-state index in [0.29, 0.717) is 18.2 Å². The Morgan fingerprint density at radius 3 is 2.67 bits per heavy atom. The van der Waals surface area contributed by atoms with Crippen LogP contribution in [0.3, 0.4) is 0 Å². The molecule has 0 spiro atoms. The fourth-order valence-electron chi connectivity index (χ4n) is 1.55. The third kappa shape index (κ3) is 2.48. The van der Waals surface area contributed by atoms with Gasteiger partial charge in [0.2, 0.25) is 0 Å². The highest BCUT2D eigenvalue weighted by Gasteiger charge is 2.30. The molecule has 1 aliphatic rings. The van der Waals surface area contributed by atoms with Crippen LogP contribution < -0.4 is 0 Å². The Bertz CT molecular complexity index is 344. The normalized spacial score (nSPS) is 21.5. The Labute approximate surface area is 94.4 Å². The van der Waals surface area contributed by atoms with E-state index in [9.17, 15) is 0 Å². The standard InChI is InChI=1S/C11H14ClNO2/c1-11(2)14-6-8(7-15-11)10-9(12)4-3-5-13-10/h3-5,8H,6-7H2,1-2H3. The van der Waals surface area contributed by atoms with Crippen molar-refractivity contribution >= 4 is 11.6 Å². The first-order valence-corrected chi connectivity index (χ1v) is 5.34. The van der Waals surface area contributed by atoms with Gasteiger partial charge in [0.25, 0.3) is 0 Å². The number of rotatable bonds is 1. The summed E-state index contributed by atoms with van der Waals surface area (Å²) in [4.78, 5) is 4.26. The molecule has 1 aromatic rings. The molecule has 15 heavy (non-hydrogen) atoms. The third-order valence-corrected chi connectivity index (χ3v) is 2.76. The Kier molecular flexibility index (Phi) is 2.96. The SMILES string of the molecule is CC1(C)OCC(c2ncccc2Cl)CO1. The molecule has 0 N–H and O–H groups in total. The molecule has 1 fully saturated rings. The molecule has 1 aliphatic heterocycles. The van der Waals surface area contributed by atoms with Crippen LogP contribution in [0.4, 0.5) is 0 Å². The van der Waals surface area contributed by atoms with Gasteiger partial charge in [-0.25, -0.2) is 0 Å². The molecule has 0 bridgehead atoms. The maximum Gasteiger partial charge on any atom is 0.162 e. The Morgan fingerprint density at radius 2 is 2.07 bits per heavy atom. The molecule has 82 valence electrons. The number of ether oxygens (including phenoxy) is 2. The van der Waals surface area contributed by atoms with E-state index in [1.165, 1.54) is 0 Å². The van der Waals surface area contributed by atoms with Gasteiger partial charge in [0.1, 0.15) is 0 Å². The first kappa shape index (κ1) is 10.9. The predicted molar refractivity (Wildman–Crippen MR) is 58.0 cm³/mol. The highest BCUT2D eigenvalue weighted by Crippen LogP contribution is 2.29. The fraction of sp³-hybridized carbons (Fsp3) is 0.545. The van der Waals surface area contributed by atoms with Crippen LogP contribution in [0.25, 0.3) is 0 Å². The van der Waals surface area contributed by atoms with E-state index in [0.717, 1.165) is 5.69 Å². The van der Waals surface area contributed by atoms with Crippen molar-refractivity contribution in [2.75, 3.05) is 13.2 Å². The lowest BCUT2D eigenvalue weighted by Crippen LogP contribution is -2.38. The summed E-state index contributed by atoms with van der Waals surface area (Å²) < 4.78 is 11.1. The third-order valence-electron chi connectivity index (χ3n) is 2.44. The van der Waals surface area contributed by atoms with E-state index in [-0.39, 0.29) is 5.92 Å². The van der Waals surface area contributed by atoms with Crippen molar-refractivity contribution in [3.8, 4) is 0 Å². The summed E-state index contributed by atoms with van der Waals surface area (Å²) in [5.41, 5.74) is 0.856. The molecular weight excluding hydrogens is 214 g/mol. The molecule has 3 nitrogen and oxygen atoms in total. The molecule has 4 heteroatoms.